The first-order valence-electron chi connectivity index (χ1n) is 12.3. The molecule has 2 unspecified atom stereocenters. The molecule has 0 bridgehead atoms. The van der Waals surface area contributed by atoms with Gasteiger partial charge in [-0.2, -0.15) is 10.1 Å². The molecule has 1 amide bonds. The molecule has 0 aromatic heterocycles. The fourth-order valence-corrected chi connectivity index (χ4v) is 6.40. The summed E-state index contributed by atoms with van der Waals surface area (Å²) in [6.45, 7) is 6.52. The molecule has 1 saturated heterocycles. The van der Waals surface area contributed by atoms with E-state index < -0.39 is 5.41 Å². The van der Waals surface area contributed by atoms with Crippen LogP contribution in [0.5, 0.6) is 5.75 Å². The van der Waals surface area contributed by atoms with Crippen molar-refractivity contribution < 1.29 is 9.53 Å². The Labute approximate surface area is 220 Å². The van der Waals surface area contributed by atoms with Crippen LogP contribution in [0.25, 0.3) is 0 Å². The van der Waals surface area contributed by atoms with E-state index in [9.17, 15) is 4.79 Å². The van der Waals surface area contributed by atoms with Crippen LogP contribution in [0.2, 0.25) is 0 Å². The molecule has 2 atom stereocenters. The standard InChI is InChI=1S/C29H29BrN4O2/c1-19-4-7-24(8-5-19)34-28(35)29(20(2)31-34)17-21-16-22(30)6-13-26(21)33-15-14-32(18-27(29)33)23-9-11-25(36-3)12-10-23/h4-13,16,27H,14-15,17-18H2,1-3H3. The van der Waals surface area contributed by atoms with E-state index >= 15 is 0 Å². The molecule has 6 nitrogen and oxygen atoms in total. The largest absolute Gasteiger partial charge is 0.497 e. The molecule has 36 heavy (non-hydrogen) atoms. The second-order valence-corrected chi connectivity index (χ2v) is 10.8. The Morgan fingerprint density at radius 1 is 0.972 bits per heavy atom. The number of hydrogen-bond acceptors (Lipinski definition) is 5. The maximum absolute atomic E-state index is 14.4. The Morgan fingerprint density at radius 2 is 1.69 bits per heavy atom. The maximum Gasteiger partial charge on any atom is 0.261 e. The van der Waals surface area contributed by atoms with Gasteiger partial charge in [-0.15, -0.1) is 0 Å². The molecule has 6 rings (SSSR count). The van der Waals surface area contributed by atoms with Crippen molar-refractivity contribution in [3.8, 4) is 5.75 Å². The van der Waals surface area contributed by atoms with Crippen molar-refractivity contribution in [2.24, 2.45) is 10.5 Å². The monoisotopic (exact) mass is 544 g/mol. The number of methoxy groups -OCH3 is 1. The number of carbonyl (C=O) groups is 1. The second-order valence-electron chi connectivity index (χ2n) is 9.91. The Bertz CT molecular complexity index is 1350. The quantitative estimate of drug-likeness (QED) is 0.441. The molecule has 7 heteroatoms. The van der Waals surface area contributed by atoms with Gasteiger partial charge in [-0.25, -0.2) is 0 Å². The molecule has 3 aliphatic rings. The SMILES string of the molecule is COc1ccc(N2CCN3c4ccc(Br)cc4CC4(C(=O)N(c5ccc(C)cc5)N=C4C)C3C2)cc1. The zero-order valence-electron chi connectivity index (χ0n) is 20.7. The normalized spacial score (nSPS) is 23.0. The lowest BCUT2D eigenvalue weighted by Crippen LogP contribution is -2.67. The summed E-state index contributed by atoms with van der Waals surface area (Å²) < 4.78 is 6.39. The lowest BCUT2D eigenvalue weighted by atomic mass is 9.67. The van der Waals surface area contributed by atoms with E-state index in [0.29, 0.717) is 6.42 Å². The van der Waals surface area contributed by atoms with Crippen molar-refractivity contribution in [3.05, 3.63) is 82.3 Å². The molecule has 184 valence electrons. The van der Waals surface area contributed by atoms with Crippen molar-refractivity contribution in [2.45, 2.75) is 26.3 Å². The highest BCUT2D eigenvalue weighted by molar-refractivity contribution is 9.10. The minimum atomic E-state index is -0.732. The predicted molar refractivity (Wildman–Crippen MR) is 148 cm³/mol. The zero-order valence-corrected chi connectivity index (χ0v) is 22.3. The number of piperazine rings is 1. The Morgan fingerprint density at radius 3 is 2.42 bits per heavy atom. The van der Waals surface area contributed by atoms with Crippen molar-refractivity contribution >= 4 is 44.6 Å². The van der Waals surface area contributed by atoms with E-state index in [1.165, 1.54) is 11.3 Å². The highest BCUT2D eigenvalue weighted by atomic mass is 79.9. The molecule has 0 N–H and O–H groups in total. The number of hydrazone groups is 1. The van der Waals surface area contributed by atoms with Gasteiger partial charge in [0.15, 0.2) is 0 Å². The molecule has 0 aliphatic carbocycles. The summed E-state index contributed by atoms with van der Waals surface area (Å²) in [5.74, 6) is 0.898. The van der Waals surface area contributed by atoms with Gasteiger partial charge in [0.05, 0.1) is 24.6 Å². The van der Waals surface area contributed by atoms with Crippen LogP contribution in [0.3, 0.4) is 0 Å². The van der Waals surface area contributed by atoms with Crippen LogP contribution in [-0.2, 0) is 11.2 Å². The Balaban J connectivity index is 1.43. The van der Waals surface area contributed by atoms with E-state index in [4.69, 9.17) is 9.84 Å². The van der Waals surface area contributed by atoms with Crippen molar-refractivity contribution in [3.63, 3.8) is 0 Å². The number of halogens is 1. The number of amides is 1. The van der Waals surface area contributed by atoms with Gasteiger partial charge in [-0.1, -0.05) is 33.6 Å². The number of fused-ring (bicyclic) bond motifs is 4. The maximum atomic E-state index is 14.4. The third-order valence-electron chi connectivity index (χ3n) is 7.96. The molecule has 0 saturated carbocycles. The minimum absolute atomic E-state index is 0.0336. The summed E-state index contributed by atoms with van der Waals surface area (Å²) >= 11 is 3.65. The summed E-state index contributed by atoms with van der Waals surface area (Å²) in [4.78, 5) is 19.2. The van der Waals surface area contributed by atoms with Crippen LogP contribution in [0.1, 0.15) is 18.1 Å². The molecule has 1 spiro atoms. The summed E-state index contributed by atoms with van der Waals surface area (Å²) in [7, 11) is 1.68. The highest BCUT2D eigenvalue weighted by Gasteiger charge is 2.60. The molecular weight excluding hydrogens is 516 g/mol. The molecular formula is C29H29BrN4O2. The average Bonchev–Trinajstić information content (AvgIpc) is 3.14. The summed E-state index contributed by atoms with van der Waals surface area (Å²) in [5.41, 5.74) is 5.67. The summed E-state index contributed by atoms with van der Waals surface area (Å²) in [6, 6.07) is 22.6. The van der Waals surface area contributed by atoms with E-state index in [1.54, 1.807) is 12.1 Å². The van der Waals surface area contributed by atoms with Gasteiger partial charge in [0.2, 0.25) is 0 Å². The fourth-order valence-electron chi connectivity index (χ4n) is 5.99. The first kappa shape index (κ1) is 23.1. The van der Waals surface area contributed by atoms with Gasteiger partial charge >= 0.3 is 0 Å². The first-order valence-corrected chi connectivity index (χ1v) is 13.1. The lowest BCUT2D eigenvalue weighted by Gasteiger charge is -2.53. The highest BCUT2D eigenvalue weighted by Crippen LogP contribution is 2.49. The number of nitrogens with zero attached hydrogens (tertiary/aromatic N) is 4. The number of rotatable bonds is 3. The van der Waals surface area contributed by atoms with E-state index in [2.05, 4.69) is 63.0 Å². The zero-order chi connectivity index (χ0) is 25.0. The Hall–Kier alpha value is -3.32. The van der Waals surface area contributed by atoms with Crippen LogP contribution < -0.4 is 19.5 Å². The average molecular weight is 545 g/mol. The predicted octanol–water partition coefficient (Wildman–Crippen LogP) is 5.43. The topological polar surface area (TPSA) is 48.4 Å². The lowest BCUT2D eigenvalue weighted by molar-refractivity contribution is -0.125. The number of hydrogen-bond donors (Lipinski definition) is 0. The second kappa shape index (κ2) is 8.66. The van der Waals surface area contributed by atoms with Crippen LogP contribution >= 0.6 is 15.9 Å². The fraction of sp³-hybridized carbons (Fsp3) is 0.310. The van der Waals surface area contributed by atoms with Gasteiger partial charge in [0.25, 0.3) is 5.91 Å². The third-order valence-corrected chi connectivity index (χ3v) is 8.45. The van der Waals surface area contributed by atoms with Crippen molar-refractivity contribution in [2.75, 3.05) is 41.6 Å². The molecule has 1 fully saturated rings. The van der Waals surface area contributed by atoms with Gasteiger partial charge in [0, 0.05) is 35.5 Å². The van der Waals surface area contributed by atoms with E-state index in [-0.39, 0.29) is 11.9 Å². The third kappa shape index (κ3) is 3.52. The van der Waals surface area contributed by atoms with Crippen LogP contribution in [0, 0.1) is 12.3 Å². The van der Waals surface area contributed by atoms with Crippen LogP contribution in [-0.4, -0.2) is 44.4 Å². The molecule has 0 radical (unpaired) electrons. The van der Waals surface area contributed by atoms with Crippen LogP contribution in [0.15, 0.2) is 76.3 Å². The summed E-state index contributed by atoms with van der Waals surface area (Å²) in [6.07, 6.45) is 0.635. The Kier molecular flexibility index (Phi) is 5.56. The number of anilines is 3. The number of aryl methyl sites for hydroxylation is 1. The molecule has 3 aromatic rings. The smallest absolute Gasteiger partial charge is 0.261 e. The van der Waals surface area contributed by atoms with Gasteiger partial charge in [-0.3, -0.25) is 4.79 Å². The number of carbonyl (C=O) groups excluding carboxylic acids is 1. The molecule has 3 aliphatic heterocycles. The van der Waals surface area contributed by atoms with E-state index in [1.807, 2.05) is 43.3 Å². The number of benzene rings is 3. The first-order chi connectivity index (χ1) is 17.4. The van der Waals surface area contributed by atoms with Crippen molar-refractivity contribution in [1.29, 1.82) is 0 Å². The van der Waals surface area contributed by atoms with Gasteiger partial charge < -0.3 is 14.5 Å². The van der Waals surface area contributed by atoms with E-state index in [0.717, 1.165) is 52.5 Å². The minimum Gasteiger partial charge on any atom is -0.497 e. The van der Waals surface area contributed by atoms with Crippen molar-refractivity contribution in [1.82, 2.24) is 0 Å². The van der Waals surface area contributed by atoms with Gasteiger partial charge in [-0.05, 0) is 80.4 Å². The van der Waals surface area contributed by atoms with Crippen LogP contribution in [0.4, 0.5) is 17.1 Å². The van der Waals surface area contributed by atoms with Gasteiger partial charge in [0.1, 0.15) is 11.2 Å². The molecule has 3 heterocycles. The summed E-state index contributed by atoms with van der Waals surface area (Å²) in [5, 5.41) is 6.51. The molecule has 3 aromatic carbocycles. The number of ether oxygens (including phenoxy) is 1.